The summed E-state index contributed by atoms with van der Waals surface area (Å²) in [6.07, 6.45) is 5.40. The van der Waals surface area contributed by atoms with Crippen molar-refractivity contribution in [2.24, 2.45) is 0 Å². The van der Waals surface area contributed by atoms with Crippen molar-refractivity contribution < 1.29 is 4.79 Å². The first-order valence-electron chi connectivity index (χ1n) is 6.99. The average Bonchev–Trinajstić information content (AvgIpc) is 3.24. The molecule has 0 unspecified atom stereocenters. The zero-order valence-corrected chi connectivity index (χ0v) is 13.6. The molecular formula is C16H12N4OS2. The maximum atomic E-state index is 12.5. The molecule has 0 bridgehead atoms. The van der Waals surface area contributed by atoms with Crippen molar-refractivity contribution in [1.29, 1.82) is 0 Å². The Kier molecular flexibility index (Phi) is 3.64. The molecule has 0 saturated heterocycles. The molecule has 0 atom stereocenters. The van der Waals surface area contributed by atoms with E-state index >= 15 is 0 Å². The molecule has 0 aliphatic heterocycles. The third kappa shape index (κ3) is 2.88. The first kappa shape index (κ1) is 14.1. The summed E-state index contributed by atoms with van der Waals surface area (Å²) < 4.78 is 3.04. The Morgan fingerprint density at radius 3 is 2.91 bits per heavy atom. The molecule has 1 N–H and O–H groups in total. The van der Waals surface area contributed by atoms with Gasteiger partial charge in [-0.2, -0.15) is 0 Å². The molecule has 4 aromatic rings. The van der Waals surface area contributed by atoms with Crippen LogP contribution in [0.5, 0.6) is 0 Å². The molecule has 0 radical (unpaired) electrons. The van der Waals surface area contributed by atoms with Crippen LogP contribution in [0.2, 0.25) is 0 Å². The second-order valence-corrected chi connectivity index (χ2v) is 7.12. The number of amides is 1. The largest absolute Gasteiger partial charge is 0.339 e. The summed E-state index contributed by atoms with van der Waals surface area (Å²) >= 11 is 3.13. The fourth-order valence-electron chi connectivity index (χ4n) is 2.33. The van der Waals surface area contributed by atoms with Crippen LogP contribution in [0.3, 0.4) is 0 Å². The molecule has 114 valence electrons. The van der Waals surface area contributed by atoms with Gasteiger partial charge in [-0.05, 0) is 41.3 Å². The summed E-state index contributed by atoms with van der Waals surface area (Å²) in [7, 11) is 0. The second-order valence-electron chi connectivity index (χ2n) is 4.94. The number of thiazole rings is 1. The summed E-state index contributed by atoms with van der Waals surface area (Å²) in [5.74, 6) is -0.148. The molecule has 0 fully saturated rings. The van der Waals surface area contributed by atoms with Gasteiger partial charge in [-0.1, -0.05) is 11.3 Å². The number of fused-ring (bicyclic) bond motifs is 1. The van der Waals surface area contributed by atoms with E-state index in [2.05, 4.69) is 15.3 Å². The van der Waals surface area contributed by atoms with Crippen molar-refractivity contribution in [3.8, 4) is 0 Å². The van der Waals surface area contributed by atoms with Gasteiger partial charge in [0.15, 0.2) is 5.13 Å². The fourth-order valence-corrected chi connectivity index (χ4v) is 4.16. The van der Waals surface area contributed by atoms with Crippen molar-refractivity contribution in [3.05, 3.63) is 65.6 Å². The van der Waals surface area contributed by atoms with E-state index in [1.165, 1.54) is 11.3 Å². The minimum absolute atomic E-state index is 0.148. The lowest BCUT2D eigenvalue weighted by Crippen LogP contribution is -2.17. The second kappa shape index (κ2) is 5.94. The lowest BCUT2D eigenvalue weighted by Gasteiger charge is -2.08. The number of anilines is 1. The van der Waals surface area contributed by atoms with Gasteiger partial charge in [0, 0.05) is 25.1 Å². The number of hydrogen-bond acceptors (Lipinski definition) is 5. The quantitative estimate of drug-likeness (QED) is 0.614. The van der Waals surface area contributed by atoms with Crippen molar-refractivity contribution in [2.75, 3.05) is 5.32 Å². The summed E-state index contributed by atoms with van der Waals surface area (Å²) in [6, 6.07) is 9.52. The third-order valence-electron chi connectivity index (χ3n) is 3.41. The molecule has 7 heteroatoms. The van der Waals surface area contributed by atoms with Crippen LogP contribution in [0.15, 0.2) is 54.3 Å². The topological polar surface area (TPSA) is 59.8 Å². The van der Waals surface area contributed by atoms with E-state index < -0.39 is 0 Å². The van der Waals surface area contributed by atoms with Gasteiger partial charge in [0.1, 0.15) is 9.71 Å². The van der Waals surface area contributed by atoms with E-state index in [4.69, 9.17) is 0 Å². The summed E-state index contributed by atoms with van der Waals surface area (Å²) in [6.45, 7) is 0.630. The maximum absolute atomic E-state index is 12.5. The highest BCUT2D eigenvalue weighted by atomic mass is 32.2. The molecule has 0 saturated carbocycles. The molecule has 0 aliphatic carbocycles. The number of thiophene rings is 1. The van der Waals surface area contributed by atoms with Crippen LogP contribution in [0, 0.1) is 0 Å². The van der Waals surface area contributed by atoms with Crippen LogP contribution in [0.4, 0.5) is 5.13 Å². The summed E-state index contributed by atoms with van der Waals surface area (Å²) in [5.41, 5.74) is 2.64. The molecular weight excluding hydrogens is 328 g/mol. The Morgan fingerprint density at radius 1 is 1.22 bits per heavy atom. The molecule has 1 amide bonds. The predicted molar refractivity (Wildman–Crippen MR) is 93.2 cm³/mol. The van der Waals surface area contributed by atoms with E-state index in [1.54, 1.807) is 23.7 Å². The highest BCUT2D eigenvalue weighted by Crippen LogP contribution is 2.30. The van der Waals surface area contributed by atoms with Gasteiger partial charge in [0.25, 0.3) is 5.91 Å². The Balaban J connectivity index is 1.54. The minimum Gasteiger partial charge on any atom is -0.339 e. The molecule has 5 nitrogen and oxygen atoms in total. The smallest absolute Gasteiger partial charge is 0.274 e. The molecule has 0 aromatic carbocycles. The number of hydrogen-bond donors (Lipinski definition) is 1. The standard InChI is InChI=1S/C16H12N4OS2/c21-14(19-16-18-12-5-9-22-15(12)23-16)13-2-1-8-20(13)10-11-3-6-17-7-4-11/h1-9H,10H2,(H,18,19,21). The van der Waals surface area contributed by atoms with E-state index in [-0.39, 0.29) is 5.91 Å². The fraction of sp³-hybridized carbons (Fsp3) is 0.0625. The molecule has 0 spiro atoms. The number of rotatable bonds is 4. The SMILES string of the molecule is O=C(Nc1nc2ccsc2s1)c1cccn1Cc1ccncc1. The number of nitrogens with zero attached hydrogens (tertiary/aromatic N) is 3. The highest BCUT2D eigenvalue weighted by Gasteiger charge is 2.14. The average molecular weight is 340 g/mol. The van der Waals surface area contributed by atoms with Crippen molar-refractivity contribution in [3.63, 3.8) is 0 Å². The van der Waals surface area contributed by atoms with Gasteiger partial charge in [-0.15, -0.1) is 11.3 Å². The van der Waals surface area contributed by atoms with Gasteiger partial charge in [0.05, 0.1) is 5.52 Å². The van der Waals surface area contributed by atoms with Crippen LogP contribution < -0.4 is 5.32 Å². The third-order valence-corrected chi connectivity index (χ3v) is 5.42. The van der Waals surface area contributed by atoms with Crippen molar-refractivity contribution in [2.45, 2.75) is 6.54 Å². The number of aromatic nitrogens is 3. The van der Waals surface area contributed by atoms with E-state index in [0.717, 1.165) is 15.1 Å². The molecule has 4 aromatic heterocycles. The van der Waals surface area contributed by atoms with Crippen LogP contribution in [0.25, 0.3) is 9.53 Å². The summed E-state index contributed by atoms with van der Waals surface area (Å²) in [4.78, 5) is 20.9. The summed E-state index contributed by atoms with van der Waals surface area (Å²) in [5, 5.41) is 5.52. The predicted octanol–water partition coefficient (Wildman–Crippen LogP) is 3.85. The zero-order chi connectivity index (χ0) is 15.6. The monoisotopic (exact) mass is 340 g/mol. The lowest BCUT2D eigenvalue weighted by atomic mass is 10.2. The van der Waals surface area contributed by atoms with Gasteiger partial charge >= 0.3 is 0 Å². The molecule has 4 heterocycles. The molecule has 23 heavy (non-hydrogen) atoms. The number of pyridine rings is 1. The molecule has 4 rings (SSSR count). The number of nitrogens with one attached hydrogen (secondary N) is 1. The number of carbonyl (C=O) groups is 1. The van der Waals surface area contributed by atoms with Crippen LogP contribution in [0.1, 0.15) is 16.1 Å². The minimum atomic E-state index is -0.148. The van der Waals surface area contributed by atoms with Gasteiger partial charge in [-0.3, -0.25) is 15.1 Å². The Morgan fingerprint density at radius 2 is 2.09 bits per heavy atom. The maximum Gasteiger partial charge on any atom is 0.274 e. The number of carbonyl (C=O) groups excluding carboxylic acids is 1. The normalized spacial score (nSPS) is 11.0. The Bertz CT molecular complexity index is 926. The van der Waals surface area contributed by atoms with E-state index in [0.29, 0.717) is 17.4 Å². The lowest BCUT2D eigenvalue weighted by molar-refractivity contribution is 0.101. The highest BCUT2D eigenvalue weighted by molar-refractivity contribution is 7.39. The van der Waals surface area contributed by atoms with Crippen LogP contribution >= 0.6 is 22.7 Å². The van der Waals surface area contributed by atoms with E-state index in [1.807, 2.05) is 46.5 Å². The van der Waals surface area contributed by atoms with Gasteiger partial charge in [-0.25, -0.2) is 4.98 Å². The van der Waals surface area contributed by atoms with Crippen LogP contribution in [-0.2, 0) is 6.54 Å². The Labute approximate surface area is 140 Å². The zero-order valence-electron chi connectivity index (χ0n) is 12.0. The molecule has 0 aliphatic rings. The first-order valence-corrected chi connectivity index (χ1v) is 8.68. The van der Waals surface area contributed by atoms with Gasteiger partial charge < -0.3 is 4.57 Å². The van der Waals surface area contributed by atoms with E-state index in [9.17, 15) is 4.79 Å². The Hall–Kier alpha value is -2.51. The van der Waals surface area contributed by atoms with Crippen molar-refractivity contribution >= 4 is 43.2 Å². The van der Waals surface area contributed by atoms with Crippen LogP contribution in [-0.4, -0.2) is 20.4 Å². The van der Waals surface area contributed by atoms with Crippen molar-refractivity contribution in [1.82, 2.24) is 14.5 Å². The first-order chi connectivity index (χ1) is 11.3. The van der Waals surface area contributed by atoms with Gasteiger partial charge in [0.2, 0.25) is 0 Å².